The van der Waals surface area contributed by atoms with Gasteiger partial charge in [-0.2, -0.15) is 0 Å². The van der Waals surface area contributed by atoms with Crippen LogP contribution in [-0.2, 0) is 6.54 Å². The predicted molar refractivity (Wildman–Crippen MR) is 76.0 cm³/mol. The Kier molecular flexibility index (Phi) is 4.46. The molecule has 0 atom stereocenters. The molecular formula is C13H20N6. The molecule has 6 nitrogen and oxygen atoms in total. The molecule has 2 heterocycles. The maximum Gasteiger partial charge on any atom is 0.222 e. The van der Waals surface area contributed by atoms with E-state index in [0.717, 1.165) is 31.0 Å². The Morgan fingerprint density at radius 1 is 1.21 bits per heavy atom. The Balaban J connectivity index is 2.15. The van der Waals surface area contributed by atoms with Crippen LogP contribution >= 0.6 is 0 Å². The van der Waals surface area contributed by atoms with Gasteiger partial charge >= 0.3 is 0 Å². The van der Waals surface area contributed by atoms with Crippen molar-refractivity contribution in [2.75, 3.05) is 32.5 Å². The monoisotopic (exact) mass is 260 g/mol. The molecule has 0 spiro atoms. The van der Waals surface area contributed by atoms with Crippen molar-refractivity contribution in [2.24, 2.45) is 0 Å². The summed E-state index contributed by atoms with van der Waals surface area (Å²) >= 11 is 0. The molecule has 2 aromatic heterocycles. The molecule has 6 heteroatoms. The minimum absolute atomic E-state index is 0.651. The van der Waals surface area contributed by atoms with Crippen molar-refractivity contribution in [2.45, 2.75) is 13.5 Å². The first-order valence-corrected chi connectivity index (χ1v) is 6.43. The van der Waals surface area contributed by atoms with E-state index in [4.69, 9.17) is 0 Å². The van der Waals surface area contributed by atoms with E-state index in [0.29, 0.717) is 5.95 Å². The number of anilines is 1. The van der Waals surface area contributed by atoms with E-state index in [-0.39, 0.29) is 0 Å². The maximum absolute atomic E-state index is 4.38. The van der Waals surface area contributed by atoms with E-state index in [1.165, 1.54) is 0 Å². The van der Waals surface area contributed by atoms with E-state index in [9.17, 15) is 0 Å². The first-order valence-electron chi connectivity index (χ1n) is 6.43. The smallest absolute Gasteiger partial charge is 0.222 e. The highest BCUT2D eigenvalue weighted by Gasteiger charge is 2.07. The first kappa shape index (κ1) is 13.5. The molecule has 1 N–H and O–H groups in total. The molecule has 102 valence electrons. The van der Waals surface area contributed by atoms with Gasteiger partial charge in [0.1, 0.15) is 5.82 Å². The van der Waals surface area contributed by atoms with Gasteiger partial charge in [-0.1, -0.05) is 0 Å². The lowest BCUT2D eigenvalue weighted by Gasteiger charge is -2.12. The van der Waals surface area contributed by atoms with Crippen molar-refractivity contribution in [1.29, 1.82) is 0 Å². The van der Waals surface area contributed by atoms with Crippen molar-refractivity contribution in [3.8, 4) is 11.4 Å². The second kappa shape index (κ2) is 6.29. The fourth-order valence-corrected chi connectivity index (χ4v) is 1.75. The molecule has 0 aliphatic carbocycles. The highest BCUT2D eigenvalue weighted by atomic mass is 15.1. The molecule has 0 saturated carbocycles. The normalized spacial score (nSPS) is 10.9. The number of hydrogen-bond donors (Lipinski definition) is 1. The van der Waals surface area contributed by atoms with Gasteiger partial charge in [0.25, 0.3) is 0 Å². The van der Waals surface area contributed by atoms with Crippen LogP contribution in [0.15, 0.2) is 24.8 Å². The summed E-state index contributed by atoms with van der Waals surface area (Å²) in [5.74, 6) is 1.56. The highest BCUT2D eigenvalue weighted by molar-refractivity contribution is 5.53. The molecule has 0 saturated heterocycles. The van der Waals surface area contributed by atoms with Crippen molar-refractivity contribution in [3.05, 3.63) is 24.8 Å². The zero-order chi connectivity index (χ0) is 13.7. The van der Waals surface area contributed by atoms with Crippen molar-refractivity contribution in [3.63, 3.8) is 0 Å². The molecule has 0 aliphatic heterocycles. The van der Waals surface area contributed by atoms with Gasteiger partial charge < -0.3 is 14.8 Å². The molecule has 2 rings (SSSR count). The number of rotatable bonds is 6. The molecule has 0 aromatic carbocycles. The molecule has 2 aromatic rings. The van der Waals surface area contributed by atoms with Crippen LogP contribution in [-0.4, -0.2) is 51.6 Å². The fourth-order valence-electron chi connectivity index (χ4n) is 1.75. The number of imidazole rings is 1. The molecular weight excluding hydrogens is 240 g/mol. The second-order valence-corrected chi connectivity index (χ2v) is 4.57. The summed E-state index contributed by atoms with van der Waals surface area (Å²) in [6.07, 6.45) is 7.40. The number of aromatic nitrogens is 4. The van der Waals surface area contributed by atoms with Crippen LogP contribution in [0.2, 0.25) is 0 Å². The highest BCUT2D eigenvalue weighted by Crippen LogP contribution is 2.16. The van der Waals surface area contributed by atoms with Crippen LogP contribution in [0.3, 0.4) is 0 Å². The van der Waals surface area contributed by atoms with Gasteiger partial charge in [-0.25, -0.2) is 15.0 Å². The Hall–Kier alpha value is -1.95. The zero-order valence-corrected chi connectivity index (χ0v) is 11.7. The van der Waals surface area contributed by atoms with Crippen molar-refractivity contribution >= 4 is 5.95 Å². The second-order valence-electron chi connectivity index (χ2n) is 4.57. The third-order valence-corrected chi connectivity index (χ3v) is 2.75. The molecule has 0 bridgehead atoms. The summed E-state index contributed by atoms with van der Waals surface area (Å²) in [6, 6.07) is 0. The fraction of sp³-hybridized carbons (Fsp3) is 0.462. The Morgan fingerprint density at radius 3 is 2.58 bits per heavy atom. The lowest BCUT2D eigenvalue weighted by molar-refractivity contribution is 0.385. The molecule has 0 aliphatic rings. The Labute approximate surface area is 113 Å². The number of nitrogens with zero attached hydrogens (tertiary/aromatic N) is 5. The third-order valence-electron chi connectivity index (χ3n) is 2.75. The van der Waals surface area contributed by atoms with Crippen LogP contribution in [0.4, 0.5) is 5.95 Å². The Morgan fingerprint density at radius 2 is 1.95 bits per heavy atom. The summed E-state index contributed by atoms with van der Waals surface area (Å²) in [7, 11) is 4.12. The SMILES string of the molecule is CCNc1ncc(-c2nccn2CCN(C)C)cn1. The van der Waals surface area contributed by atoms with Crippen LogP contribution in [0, 0.1) is 0 Å². The molecule has 0 radical (unpaired) electrons. The first-order chi connectivity index (χ1) is 9.20. The van der Waals surface area contributed by atoms with Gasteiger partial charge in [0.15, 0.2) is 0 Å². The van der Waals surface area contributed by atoms with Crippen LogP contribution in [0.5, 0.6) is 0 Å². The van der Waals surface area contributed by atoms with E-state index < -0.39 is 0 Å². The van der Waals surface area contributed by atoms with Crippen LogP contribution < -0.4 is 5.32 Å². The average molecular weight is 260 g/mol. The number of nitrogens with one attached hydrogen (secondary N) is 1. The average Bonchev–Trinajstić information content (AvgIpc) is 2.86. The third kappa shape index (κ3) is 3.51. The van der Waals surface area contributed by atoms with Crippen LogP contribution in [0.1, 0.15) is 6.92 Å². The zero-order valence-electron chi connectivity index (χ0n) is 11.7. The van der Waals surface area contributed by atoms with Crippen molar-refractivity contribution in [1.82, 2.24) is 24.4 Å². The molecule has 19 heavy (non-hydrogen) atoms. The van der Waals surface area contributed by atoms with E-state index in [1.54, 1.807) is 12.4 Å². The summed E-state index contributed by atoms with van der Waals surface area (Å²) in [6.45, 7) is 4.71. The molecule has 0 fully saturated rings. The van der Waals surface area contributed by atoms with E-state index in [1.807, 2.05) is 19.3 Å². The largest absolute Gasteiger partial charge is 0.355 e. The Bertz CT molecular complexity index is 502. The predicted octanol–water partition coefficient (Wildman–Crippen LogP) is 1.33. The van der Waals surface area contributed by atoms with Gasteiger partial charge in [0.2, 0.25) is 5.95 Å². The minimum atomic E-state index is 0.651. The van der Waals surface area contributed by atoms with Gasteiger partial charge in [0.05, 0.1) is 5.56 Å². The van der Waals surface area contributed by atoms with Gasteiger partial charge in [-0.15, -0.1) is 0 Å². The van der Waals surface area contributed by atoms with Crippen molar-refractivity contribution < 1.29 is 0 Å². The molecule has 0 amide bonds. The van der Waals surface area contributed by atoms with E-state index >= 15 is 0 Å². The summed E-state index contributed by atoms with van der Waals surface area (Å²) in [5.41, 5.74) is 0.936. The quantitative estimate of drug-likeness (QED) is 0.849. The number of hydrogen-bond acceptors (Lipinski definition) is 5. The van der Waals surface area contributed by atoms with Gasteiger partial charge in [-0.05, 0) is 21.0 Å². The topological polar surface area (TPSA) is 58.9 Å². The summed E-state index contributed by atoms with van der Waals surface area (Å²) < 4.78 is 2.12. The van der Waals surface area contributed by atoms with Gasteiger partial charge in [0, 0.05) is 44.4 Å². The van der Waals surface area contributed by atoms with Gasteiger partial charge in [-0.3, -0.25) is 0 Å². The maximum atomic E-state index is 4.38. The number of likely N-dealkylation sites (N-methyl/N-ethyl adjacent to an activating group) is 1. The van der Waals surface area contributed by atoms with Crippen LogP contribution in [0.25, 0.3) is 11.4 Å². The van der Waals surface area contributed by atoms with E-state index in [2.05, 4.69) is 43.8 Å². The summed E-state index contributed by atoms with van der Waals surface area (Å²) in [5, 5.41) is 3.08. The molecule has 0 unspecified atom stereocenters. The lowest BCUT2D eigenvalue weighted by atomic mass is 10.3. The minimum Gasteiger partial charge on any atom is -0.355 e. The standard InChI is InChI=1S/C13H20N6/c1-4-14-13-16-9-11(10-17-13)12-15-5-6-19(12)8-7-18(2)3/h5-6,9-10H,4,7-8H2,1-3H3,(H,14,16,17). The summed E-state index contributed by atoms with van der Waals surface area (Å²) in [4.78, 5) is 15.1. The lowest BCUT2D eigenvalue weighted by Crippen LogP contribution is -2.18.